The minimum absolute atomic E-state index is 0. The molecular weight excluding hydrogens is 251 g/mol. The Hall–Kier alpha value is 0.430. The molecule has 1 nitrogen and oxygen atoms in total. The SMILES string of the molecule is C.C=CCCC1CCC(I)O1. The average molecular weight is 268 g/mol. The van der Waals surface area contributed by atoms with Gasteiger partial charge in [-0.1, -0.05) is 36.1 Å². The van der Waals surface area contributed by atoms with Crippen molar-refractivity contribution in [2.45, 2.75) is 43.3 Å². The van der Waals surface area contributed by atoms with Crippen LogP contribution >= 0.6 is 22.6 Å². The average Bonchev–Trinajstić information content (AvgIpc) is 2.31. The maximum Gasteiger partial charge on any atom is 0.109 e. The van der Waals surface area contributed by atoms with Crippen LogP contribution in [0, 0.1) is 0 Å². The van der Waals surface area contributed by atoms with Crippen LogP contribution in [0.3, 0.4) is 0 Å². The smallest absolute Gasteiger partial charge is 0.109 e. The van der Waals surface area contributed by atoms with Crippen molar-refractivity contribution in [1.29, 1.82) is 0 Å². The van der Waals surface area contributed by atoms with Crippen LogP contribution < -0.4 is 0 Å². The summed E-state index contributed by atoms with van der Waals surface area (Å²) in [7, 11) is 0. The summed E-state index contributed by atoms with van der Waals surface area (Å²) in [6.45, 7) is 3.68. The highest BCUT2D eigenvalue weighted by atomic mass is 127. The zero-order valence-electron chi connectivity index (χ0n) is 6.05. The maximum atomic E-state index is 5.60. The van der Waals surface area contributed by atoms with E-state index in [1.807, 2.05) is 6.08 Å². The molecule has 1 heterocycles. The van der Waals surface area contributed by atoms with Gasteiger partial charge in [-0.05, 0) is 25.7 Å². The molecule has 2 heteroatoms. The number of hydrogen-bond donors (Lipinski definition) is 0. The van der Waals surface area contributed by atoms with Crippen LogP contribution in [0.1, 0.15) is 33.1 Å². The van der Waals surface area contributed by atoms with E-state index in [-0.39, 0.29) is 7.43 Å². The van der Waals surface area contributed by atoms with Gasteiger partial charge in [-0.25, -0.2) is 0 Å². The molecule has 0 saturated carbocycles. The first-order valence-electron chi connectivity index (χ1n) is 3.73. The topological polar surface area (TPSA) is 9.23 Å². The van der Waals surface area contributed by atoms with Gasteiger partial charge >= 0.3 is 0 Å². The van der Waals surface area contributed by atoms with Crippen molar-refractivity contribution in [1.82, 2.24) is 0 Å². The van der Waals surface area contributed by atoms with E-state index in [9.17, 15) is 0 Å². The highest BCUT2D eigenvalue weighted by molar-refractivity contribution is 14.1. The van der Waals surface area contributed by atoms with Gasteiger partial charge in [0, 0.05) is 0 Å². The molecule has 66 valence electrons. The summed E-state index contributed by atoms with van der Waals surface area (Å²) >= 11 is 2.35. The fourth-order valence-electron chi connectivity index (χ4n) is 1.18. The summed E-state index contributed by atoms with van der Waals surface area (Å²) in [6, 6.07) is 0. The quantitative estimate of drug-likeness (QED) is 0.432. The van der Waals surface area contributed by atoms with Gasteiger partial charge in [0.05, 0.1) is 6.10 Å². The molecule has 0 aromatic heterocycles. The number of allylic oxidation sites excluding steroid dienone is 1. The zero-order chi connectivity index (χ0) is 7.40. The first-order chi connectivity index (χ1) is 4.83. The van der Waals surface area contributed by atoms with E-state index in [2.05, 4.69) is 29.2 Å². The summed E-state index contributed by atoms with van der Waals surface area (Å²) in [5, 5.41) is 0. The van der Waals surface area contributed by atoms with Gasteiger partial charge in [-0.2, -0.15) is 0 Å². The first-order valence-corrected chi connectivity index (χ1v) is 4.98. The molecule has 1 aliphatic heterocycles. The van der Waals surface area contributed by atoms with Crippen molar-refractivity contribution in [2.24, 2.45) is 0 Å². The Morgan fingerprint density at radius 3 is 2.73 bits per heavy atom. The van der Waals surface area contributed by atoms with Crippen molar-refractivity contribution < 1.29 is 4.74 Å². The van der Waals surface area contributed by atoms with E-state index in [1.54, 1.807) is 0 Å². The molecule has 1 fully saturated rings. The van der Waals surface area contributed by atoms with Crippen LogP contribution in [-0.4, -0.2) is 10.2 Å². The third kappa shape index (κ3) is 4.11. The summed E-state index contributed by atoms with van der Waals surface area (Å²) in [6.07, 6.45) is 7.19. The van der Waals surface area contributed by atoms with Crippen LogP contribution in [0.15, 0.2) is 12.7 Å². The Morgan fingerprint density at radius 2 is 2.27 bits per heavy atom. The lowest BCUT2D eigenvalue weighted by Crippen LogP contribution is -2.05. The van der Waals surface area contributed by atoms with Crippen LogP contribution in [0.2, 0.25) is 0 Å². The Morgan fingerprint density at radius 1 is 1.55 bits per heavy atom. The van der Waals surface area contributed by atoms with Gasteiger partial charge in [-0.15, -0.1) is 6.58 Å². The molecule has 0 amide bonds. The molecule has 0 aromatic carbocycles. The molecule has 11 heavy (non-hydrogen) atoms. The lowest BCUT2D eigenvalue weighted by molar-refractivity contribution is 0.0950. The van der Waals surface area contributed by atoms with E-state index in [4.69, 9.17) is 4.74 Å². The largest absolute Gasteiger partial charge is 0.365 e. The molecule has 0 radical (unpaired) electrons. The molecular formula is C9H17IO. The predicted octanol–water partition coefficient (Wildman–Crippen LogP) is 3.53. The molecule has 0 spiro atoms. The number of alkyl halides is 1. The monoisotopic (exact) mass is 268 g/mol. The summed E-state index contributed by atoms with van der Waals surface area (Å²) < 4.78 is 6.07. The minimum Gasteiger partial charge on any atom is -0.365 e. The molecule has 2 unspecified atom stereocenters. The van der Waals surface area contributed by atoms with Crippen molar-refractivity contribution in [3.8, 4) is 0 Å². The van der Waals surface area contributed by atoms with Gasteiger partial charge in [0.15, 0.2) is 0 Å². The van der Waals surface area contributed by atoms with Crippen molar-refractivity contribution in [3.63, 3.8) is 0 Å². The molecule has 1 aliphatic rings. The van der Waals surface area contributed by atoms with Gasteiger partial charge in [-0.3, -0.25) is 0 Å². The molecule has 0 aromatic rings. The number of hydrogen-bond acceptors (Lipinski definition) is 1. The third-order valence-corrected chi connectivity index (χ3v) is 2.66. The Labute approximate surface area is 83.3 Å². The lowest BCUT2D eigenvalue weighted by Gasteiger charge is -2.07. The van der Waals surface area contributed by atoms with Crippen molar-refractivity contribution in [3.05, 3.63) is 12.7 Å². The predicted molar refractivity (Wildman–Crippen MR) is 58.1 cm³/mol. The van der Waals surface area contributed by atoms with E-state index in [1.165, 1.54) is 12.8 Å². The normalized spacial score (nSPS) is 29.5. The van der Waals surface area contributed by atoms with Crippen molar-refractivity contribution in [2.75, 3.05) is 0 Å². The van der Waals surface area contributed by atoms with Crippen molar-refractivity contribution >= 4 is 22.6 Å². The molecule has 2 atom stereocenters. The number of halogens is 1. The zero-order valence-corrected chi connectivity index (χ0v) is 8.21. The highest BCUT2D eigenvalue weighted by Crippen LogP contribution is 2.26. The standard InChI is InChI=1S/C8H13IO.CH4/c1-2-3-4-7-5-6-8(9)10-7;/h2,7-8H,1,3-6H2;1H4. The Bertz CT molecular complexity index is 114. The fourth-order valence-corrected chi connectivity index (χ4v) is 1.95. The molecule has 0 N–H and O–H groups in total. The number of rotatable bonds is 3. The van der Waals surface area contributed by atoms with E-state index < -0.39 is 0 Å². The van der Waals surface area contributed by atoms with Gasteiger partial charge in [0.25, 0.3) is 0 Å². The summed E-state index contributed by atoms with van der Waals surface area (Å²) in [5.41, 5.74) is 0. The maximum absolute atomic E-state index is 5.60. The molecule has 1 rings (SSSR count). The van der Waals surface area contributed by atoms with E-state index in [0.29, 0.717) is 10.2 Å². The minimum atomic E-state index is 0. The Kier molecular flexibility index (Phi) is 6.24. The van der Waals surface area contributed by atoms with E-state index in [0.717, 1.165) is 12.8 Å². The number of ether oxygens (including phenoxy) is 1. The summed E-state index contributed by atoms with van der Waals surface area (Å²) in [4.78, 5) is 0. The second-order valence-corrected chi connectivity index (χ2v) is 4.00. The molecule has 1 saturated heterocycles. The second kappa shape index (κ2) is 6.00. The van der Waals surface area contributed by atoms with Crippen LogP contribution in [0.25, 0.3) is 0 Å². The second-order valence-electron chi connectivity index (χ2n) is 2.61. The fraction of sp³-hybridized carbons (Fsp3) is 0.778. The van der Waals surface area contributed by atoms with Gasteiger partial charge < -0.3 is 4.74 Å². The third-order valence-electron chi connectivity index (χ3n) is 1.75. The van der Waals surface area contributed by atoms with E-state index >= 15 is 0 Å². The van der Waals surface area contributed by atoms with Gasteiger partial charge in [0.1, 0.15) is 4.11 Å². The molecule has 0 bridgehead atoms. The summed E-state index contributed by atoms with van der Waals surface area (Å²) in [5.74, 6) is 0. The van der Waals surface area contributed by atoms with Crippen LogP contribution in [0.5, 0.6) is 0 Å². The van der Waals surface area contributed by atoms with Crippen LogP contribution in [0.4, 0.5) is 0 Å². The first kappa shape index (κ1) is 11.4. The van der Waals surface area contributed by atoms with Crippen LogP contribution in [-0.2, 0) is 4.74 Å². The lowest BCUT2D eigenvalue weighted by atomic mass is 10.1. The Balaban J connectivity index is 0.000001000. The van der Waals surface area contributed by atoms with Gasteiger partial charge in [0.2, 0.25) is 0 Å². The highest BCUT2D eigenvalue weighted by Gasteiger charge is 2.21. The molecule has 0 aliphatic carbocycles.